The van der Waals surface area contributed by atoms with Crippen LogP contribution >= 0.6 is 0 Å². The van der Waals surface area contributed by atoms with Crippen molar-refractivity contribution in [3.63, 3.8) is 0 Å². The van der Waals surface area contributed by atoms with Gasteiger partial charge in [-0.15, -0.1) is 0 Å². The third-order valence-corrected chi connectivity index (χ3v) is 3.41. The van der Waals surface area contributed by atoms with E-state index in [-0.39, 0.29) is 23.8 Å². The number of hydrogen-bond acceptors (Lipinski definition) is 3. The Bertz CT molecular complexity index is 281. The zero-order chi connectivity index (χ0) is 13.5. The molecule has 0 aliphatic heterocycles. The van der Waals surface area contributed by atoms with Gasteiger partial charge in [0.05, 0.1) is 6.61 Å². The molecule has 104 valence electrons. The van der Waals surface area contributed by atoms with Crippen LogP contribution in [-0.4, -0.2) is 24.5 Å². The SMILES string of the molecule is CCOC(=O)C[C@H]1CC[C@H](C(=O)NC(C)C)CC1. The van der Waals surface area contributed by atoms with Crippen molar-refractivity contribution in [2.45, 2.75) is 58.9 Å². The number of amides is 1. The van der Waals surface area contributed by atoms with E-state index < -0.39 is 0 Å². The topological polar surface area (TPSA) is 55.4 Å². The maximum atomic E-state index is 11.8. The highest BCUT2D eigenvalue weighted by Gasteiger charge is 2.27. The van der Waals surface area contributed by atoms with Crippen molar-refractivity contribution in [3.05, 3.63) is 0 Å². The monoisotopic (exact) mass is 255 g/mol. The second-order valence-electron chi connectivity index (χ2n) is 5.39. The van der Waals surface area contributed by atoms with Crippen molar-refractivity contribution in [3.8, 4) is 0 Å². The fraction of sp³-hybridized carbons (Fsp3) is 0.857. The summed E-state index contributed by atoms with van der Waals surface area (Å²) in [5.74, 6) is 0.588. The lowest BCUT2D eigenvalue weighted by molar-refractivity contribution is -0.144. The minimum atomic E-state index is -0.104. The first-order valence-electron chi connectivity index (χ1n) is 6.99. The van der Waals surface area contributed by atoms with E-state index in [1.807, 2.05) is 20.8 Å². The van der Waals surface area contributed by atoms with Gasteiger partial charge in [-0.05, 0) is 52.4 Å². The minimum absolute atomic E-state index is 0.104. The van der Waals surface area contributed by atoms with E-state index in [4.69, 9.17) is 4.74 Å². The van der Waals surface area contributed by atoms with E-state index >= 15 is 0 Å². The zero-order valence-electron chi connectivity index (χ0n) is 11.7. The fourth-order valence-corrected chi connectivity index (χ4v) is 2.49. The van der Waals surface area contributed by atoms with Gasteiger partial charge in [-0.2, -0.15) is 0 Å². The normalized spacial score (nSPS) is 23.8. The molecule has 0 radical (unpaired) electrons. The van der Waals surface area contributed by atoms with Gasteiger partial charge >= 0.3 is 5.97 Å². The second-order valence-corrected chi connectivity index (χ2v) is 5.39. The summed E-state index contributed by atoms with van der Waals surface area (Å²) in [5, 5.41) is 2.96. The third-order valence-electron chi connectivity index (χ3n) is 3.41. The van der Waals surface area contributed by atoms with Gasteiger partial charge in [0, 0.05) is 18.4 Å². The first-order chi connectivity index (χ1) is 8.52. The first-order valence-corrected chi connectivity index (χ1v) is 6.99. The quantitative estimate of drug-likeness (QED) is 0.767. The third kappa shape index (κ3) is 5.07. The Morgan fingerprint density at radius 3 is 2.33 bits per heavy atom. The number of hydrogen-bond donors (Lipinski definition) is 1. The van der Waals surface area contributed by atoms with Gasteiger partial charge in [0.2, 0.25) is 5.91 Å². The lowest BCUT2D eigenvalue weighted by Gasteiger charge is -2.27. The van der Waals surface area contributed by atoms with Gasteiger partial charge in [-0.25, -0.2) is 0 Å². The predicted octanol–water partition coefficient (Wildman–Crippen LogP) is 2.27. The van der Waals surface area contributed by atoms with Crippen LogP contribution in [0.25, 0.3) is 0 Å². The number of ether oxygens (including phenoxy) is 1. The molecular weight excluding hydrogens is 230 g/mol. The van der Waals surface area contributed by atoms with Crippen LogP contribution in [0.1, 0.15) is 52.9 Å². The smallest absolute Gasteiger partial charge is 0.306 e. The van der Waals surface area contributed by atoms with E-state index in [1.165, 1.54) is 0 Å². The largest absolute Gasteiger partial charge is 0.466 e. The van der Waals surface area contributed by atoms with Crippen LogP contribution in [0.15, 0.2) is 0 Å². The molecule has 0 atom stereocenters. The Labute approximate surface area is 109 Å². The highest BCUT2D eigenvalue weighted by atomic mass is 16.5. The summed E-state index contributed by atoms with van der Waals surface area (Å²) in [6.07, 6.45) is 4.20. The van der Waals surface area contributed by atoms with Crippen molar-refractivity contribution in [1.29, 1.82) is 0 Å². The molecule has 0 bridgehead atoms. The van der Waals surface area contributed by atoms with Gasteiger partial charge in [-0.1, -0.05) is 0 Å². The zero-order valence-corrected chi connectivity index (χ0v) is 11.7. The molecule has 4 heteroatoms. The minimum Gasteiger partial charge on any atom is -0.466 e. The maximum Gasteiger partial charge on any atom is 0.306 e. The Morgan fingerprint density at radius 1 is 1.22 bits per heavy atom. The van der Waals surface area contributed by atoms with E-state index in [2.05, 4.69) is 5.32 Å². The van der Waals surface area contributed by atoms with Crippen molar-refractivity contribution >= 4 is 11.9 Å². The summed E-state index contributed by atoms with van der Waals surface area (Å²) in [6.45, 7) is 6.23. The molecule has 0 aromatic rings. The summed E-state index contributed by atoms with van der Waals surface area (Å²) in [6, 6.07) is 0.203. The van der Waals surface area contributed by atoms with Crippen LogP contribution in [0, 0.1) is 11.8 Å². The summed E-state index contributed by atoms with van der Waals surface area (Å²) in [4.78, 5) is 23.2. The molecule has 0 spiro atoms. The van der Waals surface area contributed by atoms with Crippen molar-refractivity contribution in [2.75, 3.05) is 6.61 Å². The molecule has 1 aliphatic rings. The van der Waals surface area contributed by atoms with Crippen molar-refractivity contribution in [1.82, 2.24) is 5.32 Å². The van der Waals surface area contributed by atoms with E-state index in [9.17, 15) is 9.59 Å². The highest BCUT2D eigenvalue weighted by Crippen LogP contribution is 2.31. The maximum absolute atomic E-state index is 11.8. The molecule has 4 nitrogen and oxygen atoms in total. The molecule has 0 aromatic heterocycles. The fourth-order valence-electron chi connectivity index (χ4n) is 2.49. The molecule has 0 aromatic carbocycles. The molecule has 0 heterocycles. The summed E-state index contributed by atoms with van der Waals surface area (Å²) in [5.41, 5.74) is 0. The molecule has 1 N–H and O–H groups in total. The molecule has 1 fully saturated rings. The van der Waals surface area contributed by atoms with Crippen LogP contribution in [0.4, 0.5) is 0 Å². The number of nitrogens with one attached hydrogen (secondary N) is 1. The first kappa shape index (κ1) is 15.0. The number of carbonyl (C=O) groups is 2. The van der Waals surface area contributed by atoms with E-state index in [0.717, 1.165) is 25.7 Å². The molecule has 18 heavy (non-hydrogen) atoms. The Morgan fingerprint density at radius 2 is 1.83 bits per heavy atom. The Hall–Kier alpha value is -1.06. The Kier molecular flexibility index (Phi) is 6.16. The second kappa shape index (κ2) is 7.39. The van der Waals surface area contributed by atoms with E-state index in [0.29, 0.717) is 18.9 Å². The van der Waals surface area contributed by atoms with Gasteiger partial charge in [-0.3, -0.25) is 9.59 Å². The van der Waals surface area contributed by atoms with Crippen LogP contribution in [-0.2, 0) is 14.3 Å². The number of esters is 1. The number of carbonyl (C=O) groups excluding carboxylic acids is 2. The summed E-state index contributed by atoms with van der Waals surface area (Å²) < 4.78 is 4.95. The standard InChI is InChI=1S/C14H25NO3/c1-4-18-13(16)9-11-5-7-12(8-6-11)14(17)15-10(2)3/h10-12H,4-9H2,1-3H3,(H,15,17)/t11-,12-. The number of rotatable bonds is 5. The highest BCUT2D eigenvalue weighted by molar-refractivity contribution is 5.79. The van der Waals surface area contributed by atoms with Gasteiger partial charge in [0.15, 0.2) is 0 Å². The van der Waals surface area contributed by atoms with E-state index in [1.54, 1.807) is 0 Å². The van der Waals surface area contributed by atoms with Crippen molar-refractivity contribution < 1.29 is 14.3 Å². The van der Waals surface area contributed by atoms with Crippen molar-refractivity contribution in [2.24, 2.45) is 11.8 Å². The van der Waals surface area contributed by atoms with Crippen LogP contribution in [0.2, 0.25) is 0 Å². The summed E-state index contributed by atoms with van der Waals surface area (Å²) >= 11 is 0. The Balaban J connectivity index is 2.28. The molecule has 1 aliphatic carbocycles. The van der Waals surface area contributed by atoms with Crippen LogP contribution in [0.5, 0.6) is 0 Å². The van der Waals surface area contributed by atoms with Gasteiger partial charge in [0.25, 0.3) is 0 Å². The summed E-state index contributed by atoms with van der Waals surface area (Å²) in [7, 11) is 0. The van der Waals surface area contributed by atoms with Crippen LogP contribution < -0.4 is 5.32 Å². The average Bonchev–Trinajstić information content (AvgIpc) is 2.29. The molecule has 1 amide bonds. The average molecular weight is 255 g/mol. The lowest BCUT2D eigenvalue weighted by atomic mass is 9.80. The molecule has 1 rings (SSSR count). The molecule has 0 saturated heterocycles. The van der Waals surface area contributed by atoms with Gasteiger partial charge < -0.3 is 10.1 Å². The molecular formula is C14H25NO3. The van der Waals surface area contributed by atoms with Crippen LogP contribution in [0.3, 0.4) is 0 Å². The predicted molar refractivity (Wildman–Crippen MR) is 70.0 cm³/mol. The lowest BCUT2D eigenvalue weighted by Crippen LogP contribution is -2.37. The van der Waals surface area contributed by atoms with Gasteiger partial charge in [0.1, 0.15) is 0 Å². The molecule has 0 unspecified atom stereocenters. The molecule has 1 saturated carbocycles.